The third-order valence-corrected chi connectivity index (χ3v) is 15.6. The first-order valence-electron chi connectivity index (χ1n) is 31.9. The number of hydrogen-bond donors (Lipinski definition) is 6. The van der Waals surface area contributed by atoms with Gasteiger partial charge >= 0.3 is 0 Å². The zero-order chi connectivity index (χ0) is 52.2. The number of nitrogens with one attached hydrogen (secondary N) is 1. The van der Waals surface area contributed by atoms with Crippen molar-refractivity contribution in [1.82, 2.24) is 5.32 Å². The van der Waals surface area contributed by atoms with E-state index in [0.717, 1.165) is 38.5 Å². The Kier molecular flexibility index (Phi) is 51.1. The van der Waals surface area contributed by atoms with E-state index >= 15 is 0 Å². The minimum Gasteiger partial charge on any atom is -0.394 e. The van der Waals surface area contributed by atoms with E-state index in [9.17, 15) is 30.3 Å². The van der Waals surface area contributed by atoms with Crippen LogP contribution < -0.4 is 5.32 Å². The lowest BCUT2D eigenvalue weighted by atomic mass is 9.99. The first kappa shape index (κ1) is 68.9. The molecule has 0 aromatic heterocycles. The molecule has 9 heteroatoms. The van der Waals surface area contributed by atoms with Crippen LogP contribution >= 0.6 is 0 Å². The largest absolute Gasteiger partial charge is 0.394 e. The highest BCUT2D eigenvalue weighted by Crippen LogP contribution is 2.23. The first-order chi connectivity index (χ1) is 35.3. The SMILES string of the molecule is CCCCCCCCCCCCCCCCC/C=C/C(O)C(COC1OC(CO)C(O)C(O)C1O)NC(=O)CCCCCCCCCCCCCCCCCCCCCCCCCCCCCCCCCC. The fourth-order valence-electron chi connectivity index (χ4n) is 10.6. The number of unbranched alkanes of at least 4 members (excludes halogenated alkanes) is 46. The van der Waals surface area contributed by atoms with Gasteiger partial charge in [0.05, 0.1) is 25.4 Å². The summed E-state index contributed by atoms with van der Waals surface area (Å²) in [5.41, 5.74) is 0. The summed E-state index contributed by atoms with van der Waals surface area (Å²) in [7, 11) is 0. The molecule has 0 aromatic rings. The molecule has 7 atom stereocenters. The van der Waals surface area contributed by atoms with E-state index < -0.39 is 49.5 Å². The van der Waals surface area contributed by atoms with Crippen LogP contribution in [0.4, 0.5) is 0 Å². The summed E-state index contributed by atoms with van der Waals surface area (Å²) in [6.07, 6.45) is 60.2. The summed E-state index contributed by atoms with van der Waals surface area (Å²) in [5, 5.41) is 54.6. The van der Waals surface area contributed by atoms with Gasteiger partial charge in [-0.2, -0.15) is 0 Å². The summed E-state index contributed by atoms with van der Waals surface area (Å²) in [6, 6.07) is -0.800. The average molecular weight is 1020 g/mol. The van der Waals surface area contributed by atoms with Crippen LogP contribution in [0.15, 0.2) is 12.2 Å². The van der Waals surface area contributed by atoms with Crippen molar-refractivity contribution < 1.29 is 39.8 Å². The molecule has 0 bridgehead atoms. The van der Waals surface area contributed by atoms with E-state index in [0.29, 0.717) is 6.42 Å². The van der Waals surface area contributed by atoms with E-state index in [4.69, 9.17) is 9.47 Å². The molecule has 1 aliphatic heterocycles. The lowest BCUT2D eigenvalue weighted by molar-refractivity contribution is -0.302. The van der Waals surface area contributed by atoms with Gasteiger partial charge in [0.15, 0.2) is 6.29 Å². The van der Waals surface area contributed by atoms with Gasteiger partial charge in [-0.05, 0) is 19.3 Å². The Morgan fingerprint density at radius 3 is 1.08 bits per heavy atom. The minimum atomic E-state index is -1.56. The van der Waals surface area contributed by atoms with Crippen LogP contribution in [0, 0.1) is 0 Å². The lowest BCUT2D eigenvalue weighted by Crippen LogP contribution is -2.60. The van der Waals surface area contributed by atoms with Gasteiger partial charge in [-0.15, -0.1) is 0 Å². The van der Waals surface area contributed by atoms with Gasteiger partial charge in [0, 0.05) is 6.42 Å². The van der Waals surface area contributed by atoms with E-state index in [1.807, 2.05) is 6.08 Å². The second-order valence-electron chi connectivity index (χ2n) is 22.6. The molecule has 7 unspecified atom stereocenters. The van der Waals surface area contributed by atoms with Crippen molar-refractivity contribution in [3.63, 3.8) is 0 Å². The van der Waals surface area contributed by atoms with E-state index in [1.54, 1.807) is 6.08 Å². The Bertz CT molecular complexity index is 1140. The summed E-state index contributed by atoms with van der Waals surface area (Å²) in [5.74, 6) is -0.169. The molecule has 1 fully saturated rings. The number of aliphatic hydroxyl groups is 5. The van der Waals surface area contributed by atoms with Crippen LogP contribution in [0.1, 0.15) is 328 Å². The van der Waals surface area contributed by atoms with Crippen LogP contribution in [0.3, 0.4) is 0 Å². The molecule has 1 amide bonds. The zero-order valence-corrected chi connectivity index (χ0v) is 47.7. The number of ether oxygens (including phenoxy) is 2. The molecule has 1 heterocycles. The van der Waals surface area contributed by atoms with Crippen molar-refractivity contribution in [3.8, 4) is 0 Å². The Hall–Kier alpha value is -1.07. The molecule has 0 aliphatic carbocycles. The summed E-state index contributed by atoms with van der Waals surface area (Å²) >= 11 is 0. The van der Waals surface area contributed by atoms with Crippen molar-refractivity contribution in [1.29, 1.82) is 0 Å². The maximum Gasteiger partial charge on any atom is 0.220 e. The molecular formula is C63H123NO8. The van der Waals surface area contributed by atoms with Crippen LogP contribution in [-0.4, -0.2) is 87.5 Å². The monoisotopic (exact) mass is 1020 g/mol. The van der Waals surface area contributed by atoms with Crippen molar-refractivity contribution in [2.24, 2.45) is 0 Å². The summed E-state index contributed by atoms with van der Waals surface area (Å²) in [6.45, 7) is 3.83. The van der Waals surface area contributed by atoms with Crippen molar-refractivity contribution in [3.05, 3.63) is 12.2 Å². The highest BCUT2D eigenvalue weighted by Gasteiger charge is 2.44. The van der Waals surface area contributed by atoms with Gasteiger partial charge in [-0.3, -0.25) is 4.79 Å². The highest BCUT2D eigenvalue weighted by molar-refractivity contribution is 5.76. The average Bonchev–Trinajstić information content (AvgIpc) is 3.38. The normalized spacial score (nSPS) is 19.1. The molecule has 428 valence electrons. The number of allylic oxidation sites excluding steroid dienone is 1. The van der Waals surface area contributed by atoms with Gasteiger partial charge in [-0.1, -0.05) is 315 Å². The maximum atomic E-state index is 13.1. The smallest absolute Gasteiger partial charge is 0.220 e. The van der Waals surface area contributed by atoms with Gasteiger partial charge < -0.3 is 40.3 Å². The standard InChI is InChI=1S/C63H123NO8/c1-3-5-7-9-11-13-15-17-19-21-22-23-24-25-26-27-28-29-30-31-32-33-34-35-37-39-41-43-45-47-49-51-53-59(67)64-56(55-71-63-62(70)61(69)60(68)58(54-65)72-63)57(66)52-50-48-46-44-42-40-38-36-20-18-16-14-12-10-8-6-4-2/h50,52,56-58,60-63,65-66,68-70H,3-49,51,53-55H2,1-2H3,(H,64,67)/b52-50+. The second kappa shape index (κ2) is 53.3. The lowest BCUT2D eigenvalue weighted by Gasteiger charge is -2.40. The minimum absolute atomic E-state index is 0.169. The van der Waals surface area contributed by atoms with Gasteiger partial charge in [0.25, 0.3) is 0 Å². The molecule has 0 saturated carbocycles. The number of hydrogen-bond acceptors (Lipinski definition) is 8. The molecule has 1 rings (SSSR count). The van der Waals surface area contributed by atoms with Crippen LogP contribution in [0.25, 0.3) is 0 Å². The third kappa shape index (κ3) is 42.1. The molecule has 72 heavy (non-hydrogen) atoms. The number of aliphatic hydroxyl groups excluding tert-OH is 5. The Morgan fingerprint density at radius 1 is 0.458 bits per heavy atom. The molecule has 9 nitrogen and oxygen atoms in total. The number of carbonyl (C=O) groups excluding carboxylic acids is 1. The first-order valence-corrected chi connectivity index (χ1v) is 31.9. The van der Waals surface area contributed by atoms with E-state index in [-0.39, 0.29) is 12.5 Å². The summed E-state index contributed by atoms with van der Waals surface area (Å²) in [4.78, 5) is 13.1. The van der Waals surface area contributed by atoms with E-state index in [2.05, 4.69) is 19.2 Å². The fourth-order valence-corrected chi connectivity index (χ4v) is 10.6. The van der Waals surface area contributed by atoms with Gasteiger partial charge in [0.1, 0.15) is 24.4 Å². The molecule has 0 aromatic carbocycles. The van der Waals surface area contributed by atoms with Crippen LogP contribution in [-0.2, 0) is 14.3 Å². The topological polar surface area (TPSA) is 149 Å². The maximum absolute atomic E-state index is 13.1. The molecule has 0 spiro atoms. The second-order valence-corrected chi connectivity index (χ2v) is 22.6. The Labute approximate surface area is 446 Å². The number of carbonyl (C=O) groups is 1. The highest BCUT2D eigenvalue weighted by atomic mass is 16.7. The predicted octanol–water partition coefficient (Wildman–Crippen LogP) is 16.4. The number of amides is 1. The fraction of sp³-hybridized carbons (Fsp3) is 0.952. The third-order valence-electron chi connectivity index (χ3n) is 15.6. The van der Waals surface area contributed by atoms with Crippen molar-refractivity contribution >= 4 is 5.91 Å². The van der Waals surface area contributed by atoms with E-state index in [1.165, 1.54) is 270 Å². The molecular weight excluding hydrogens is 899 g/mol. The molecule has 0 radical (unpaired) electrons. The van der Waals surface area contributed by atoms with Gasteiger partial charge in [0.2, 0.25) is 5.91 Å². The van der Waals surface area contributed by atoms with Gasteiger partial charge in [-0.25, -0.2) is 0 Å². The quantitative estimate of drug-likeness (QED) is 0.0261. The number of rotatable bonds is 56. The molecule has 1 saturated heterocycles. The van der Waals surface area contributed by atoms with Crippen LogP contribution in [0.5, 0.6) is 0 Å². The predicted molar refractivity (Wildman–Crippen MR) is 304 cm³/mol. The zero-order valence-electron chi connectivity index (χ0n) is 47.7. The van der Waals surface area contributed by atoms with Crippen molar-refractivity contribution in [2.45, 2.75) is 371 Å². The molecule has 1 aliphatic rings. The Balaban J connectivity index is 2.10. The summed E-state index contributed by atoms with van der Waals surface area (Å²) < 4.78 is 11.3. The molecule has 6 N–H and O–H groups in total. The Morgan fingerprint density at radius 2 is 0.764 bits per heavy atom. The van der Waals surface area contributed by atoms with Crippen molar-refractivity contribution in [2.75, 3.05) is 13.2 Å². The van der Waals surface area contributed by atoms with Crippen LogP contribution in [0.2, 0.25) is 0 Å².